The minimum atomic E-state index is -0.0965. The number of carbonyl (C=O) groups excluding carboxylic acids is 1. The average molecular weight is 334 g/mol. The van der Waals surface area contributed by atoms with Crippen LogP contribution in [0.3, 0.4) is 0 Å². The van der Waals surface area contributed by atoms with Crippen molar-refractivity contribution < 1.29 is 14.3 Å². The molecule has 4 nitrogen and oxygen atoms in total. The molecule has 1 N–H and O–H groups in total. The van der Waals surface area contributed by atoms with Crippen molar-refractivity contribution in [2.24, 2.45) is 0 Å². The first-order chi connectivity index (χ1) is 9.74. The highest BCUT2D eigenvalue weighted by Crippen LogP contribution is 2.35. The molecule has 1 aliphatic rings. The number of anilines is 1. The Morgan fingerprint density at radius 3 is 2.85 bits per heavy atom. The Labute approximate surface area is 124 Å². The molecule has 5 heteroatoms. The van der Waals surface area contributed by atoms with E-state index < -0.39 is 0 Å². The second kappa shape index (κ2) is 5.54. The maximum absolute atomic E-state index is 12.1. The summed E-state index contributed by atoms with van der Waals surface area (Å²) in [5, 5.41) is 2.87. The fourth-order valence-corrected chi connectivity index (χ4v) is 2.44. The molecule has 0 spiro atoms. The molecule has 0 saturated carbocycles. The van der Waals surface area contributed by atoms with Gasteiger partial charge < -0.3 is 14.8 Å². The lowest BCUT2D eigenvalue weighted by molar-refractivity contribution is -0.115. The van der Waals surface area contributed by atoms with E-state index in [1.807, 2.05) is 42.5 Å². The molecule has 0 fully saturated rings. The van der Waals surface area contributed by atoms with Gasteiger partial charge in [0.1, 0.15) is 0 Å². The highest BCUT2D eigenvalue weighted by atomic mass is 79.9. The first-order valence-corrected chi connectivity index (χ1v) is 6.95. The van der Waals surface area contributed by atoms with Crippen molar-refractivity contribution in [2.45, 2.75) is 6.42 Å². The predicted molar refractivity (Wildman–Crippen MR) is 79.0 cm³/mol. The second-order valence-corrected chi connectivity index (χ2v) is 5.21. The highest BCUT2D eigenvalue weighted by molar-refractivity contribution is 9.10. The smallest absolute Gasteiger partial charge is 0.231 e. The zero-order valence-electron chi connectivity index (χ0n) is 10.6. The van der Waals surface area contributed by atoms with Crippen molar-refractivity contribution in [3.63, 3.8) is 0 Å². The molecule has 1 aliphatic heterocycles. The van der Waals surface area contributed by atoms with Crippen LogP contribution in [0.2, 0.25) is 0 Å². The number of hydrogen-bond donors (Lipinski definition) is 1. The van der Waals surface area contributed by atoms with E-state index in [9.17, 15) is 4.79 Å². The van der Waals surface area contributed by atoms with Crippen LogP contribution >= 0.6 is 15.9 Å². The van der Waals surface area contributed by atoms with Crippen molar-refractivity contribution in [1.82, 2.24) is 0 Å². The van der Waals surface area contributed by atoms with Crippen molar-refractivity contribution in [3.05, 3.63) is 52.5 Å². The van der Waals surface area contributed by atoms with Gasteiger partial charge in [0.15, 0.2) is 11.5 Å². The molecule has 0 unspecified atom stereocenters. The summed E-state index contributed by atoms with van der Waals surface area (Å²) in [6.45, 7) is 0.207. The summed E-state index contributed by atoms with van der Waals surface area (Å²) < 4.78 is 11.5. The third-order valence-electron chi connectivity index (χ3n) is 2.98. The van der Waals surface area contributed by atoms with E-state index in [1.165, 1.54) is 0 Å². The number of benzene rings is 2. The molecule has 0 radical (unpaired) electrons. The fourth-order valence-electron chi connectivity index (χ4n) is 2.06. The molecule has 0 bridgehead atoms. The molecule has 1 heterocycles. The zero-order valence-corrected chi connectivity index (χ0v) is 12.1. The molecule has 0 atom stereocenters. The summed E-state index contributed by atoms with van der Waals surface area (Å²) >= 11 is 3.40. The quantitative estimate of drug-likeness (QED) is 0.936. The van der Waals surface area contributed by atoms with Crippen LogP contribution in [0, 0.1) is 0 Å². The number of nitrogens with one attached hydrogen (secondary N) is 1. The van der Waals surface area contributed by atoms with E-state index in [4.69, 9.17) is 9.47 Å². The topological polar surface area (TPSA) is 47.6 Å². The Morgan fingerprint density at radius 2 is 2.00 bits per heavy atom. The van der Waals surface area contributed by atoms with Gasteiger partial charge in [-0.3, -0.25) is 4.79 Å². The molecule has 20 heavy (non-hydrogen) atoms. The number of ether oxygens (including phenoxy) is 2. The van der Waals surface area contributed by atoms with Gasteiger partial charge in [0.2, 0.25) is 12.7 Å². The van der Waals surface area contributed by atoms with Gasteiger partial charge in [-0.25, -0.2) is 0 Å². The van der Waals surface area contributed by atoms with Gasteiger partial charge in [0, 0.05) is 10.0 Å². The third kappa shape index (κ3) is 2.63. The Hall–Kier alpha value is -2.01. The summed E-state index contributed by atoms with van der Waals surface area (Å²) in [7, 11) is 0. The van der Waals surface area contributed by atoms with Crippen LogP contribution in [0.5, 0.6) is 11.5 Å². The van der Waals surface area contributed by atoms with Crippen molar-refractivity contribution in [3.8, 4) is 11.5 Å². The summed E-state index contributed by atoms with van der Waals surface area (Å²) in [5.41, 5.74) is 1.58. The number of para-hydroxylation sites is 2. The first kappa shape index (κ1) is 13.0. The molecule has 0 aromatic heterocycles. The second-order valence-electron chi connectivity index (χ2n) is 4.36. The monoisotopic (exact) mass is 333 g/mol. The van der Waals surface area contributed by atoms with Gasteiger partial charge in [-0.2, -0.15) is 0 Å². The third-order valence-corrected chi connectivity index (χ3v) is 3.67. The average Bonchev–Trinajstić information content (AvgIpc) is 2.91. The van der Waals surface area contributed by atoms with E-state index in [0.717, 1.165) is 15.7 Å². The maximum Gasteiger partial charge on any atom is 0.231 e. The minimum absolute atomic E-state index is 0.0965. The molecule has 2 aromatic rings. The largest absolute Gasteiger partial charge is 0.454 e. The molecular formula is C15H12BrNO3. The standard InChI is InChI=1S/C15H12BrNO3/c16-11-5-1-2-6-12(11)17-14(18)8-10-4-3-7-13-15(10)20-9-19-13/h1-7H,8-9H2,(H,17,18). The highest BCUT2D eigenvalue weighted by Gasteiger charge is 2.19. The van der Waals surface area contributed by atoms with Crippen LogP contribution in [0.15, 0.2) is 46.9 Å². The first-order valence-electron chi connectivity index (χ1n) is 6.16. The maximum atomic E-state index is 12.1. The normalized spacial score (nSPS) is 12.2. The lowest BCUT2D eigenvalue weighted by Gasteiger charge is -2.08. The van der Waals surface area contributed by atoms with Crippen LogP contribution in [-0.2, 0) is 11.2 Å². The van der Waals surface area contributed by atoms with Crippen molar-refractivity contribution >= 4 is 27.5 Å². The number of fused-ring (bicyclic) bond motifs is 1. The SMILES string of the molecule is O=C(Cc1cccc2c1OCO2)Nc1ccccc1Br. The Morgan fingerprint density at radius 1 is 1.15 bits per heavy atom. The van der Waals surface area contributed by atoms with E-state index in [0.29, 0.717) is 11.5 Å². The van der Waals surface area contributed by atoms with E-state index in [-0.39, 0.29) is 19.1 Å². The van der Waals surface area contributed by atoms with Gasteiger partial charge in [-0.05, 0) is 34.1 Å². The number of rotatable bonds is 3. The molecule has 0 saturated heterocycles. The Balaban J connectivity index is 1.74. The predicted octanol–water partition coefficient (Wildman–Crippen LogP) is 3.36. The minimum Gasteiger partial charge on any atom is -0.454 e. The molecule has 1 amide bonds. The van der Waals surface area contributed by atoms with Crippen LogP contribution < -0.4 is 14.8 Å². The number of carbonyl (C=O) groups is 1. The summed E-state index contributed by atoms with van der Waals surface area (Å²) in [4.78, 5) is 12.1. The van der Waals surface area contributed by atoms with Gasteiger partial charge in [0.25, 0.3) is 0 Å². The Bertz CT molecular complexity index is 657. The van der Waals surface area contributed by atoms with E-state index >= 15 is 0 Å². The van der Waals surface area contributed by atoms with Crippen LogP contribution in [0.1, 0.15) is 5.56 Å². The van der Waals surface area contributed by atoms with Crippen LogP contribution in [0.25, 0.3) is 0 Å². The van der Waals surface area contributed by atoms with Gasteiger partial charge >= 0.3 is 0 Å². The van der Waals surface area contributed by atoms with E-state index in [2.05, 4.69) is 21.2 Å². The lowest BCUT2D eigenvalue weighted by atomic mass is 10.1. The van der Waals surface area contributed by atoms with Crippen molar-refractivity contribution in [1.29, 1.82) is 0 Å². The van der Waals surface area contributed by atoms with Crippen LogP contribution in [0.4, 0.5) is 5.69 Å². The van der Waals surface area contributed by atoms with Gasteiger partial charge in [0.05, 0.1) is 12.1 Å². The molecule has 3 rings (SSSR count). The number of halogens is 1. The summed E-state index contributed by atoms with van der Waals surface area (Å²) in [6.07, 6.45) is 0.244. The summed E-state index contributed by atoms with van der Waals surface area (Å²) in [5.74, 6) is 1.26. The lowest BCUT2D eigenvalue weighted by Crippen LogP contribution is -2.15. The molecule has 102 valence electrons. The van der Waals surface area contributed by atoms with Gasteiger partial charge in [-0.15, -0.1) is 0 Å². The van der Waals surface area contributed by atoms with E-state index in [1.54, 1.807) is 0 Å². The molecule has 2 aromatic carbocycles. The zero-order chi connectivity index (χ0) is 13.9. The summed E-state index contributed by atoms with van der Waals surface area (Å²) in [6, 6.07) is 13.1. The number of amides is 1. The number of hydrogen-bond acceptors (Lipinski definition) is 3. The van der Waals surface area contributed by atoms with Crippen molar-refractivity contribution in [2.75, 3.05) is 12.1 Å². The fraction of sp³-hybridized carbons (Fsp3) is 0.133. The van der Waals surface area contributed by atoms with Gasteiger partial charge in [-0.1, -0.05) is 24.3 Å². The van der Waals surface area contributed by atoms with Crippen LogP contribution in [-0.4, -0.2) is 12.7 Å². The molecular weight excluding hydrogens is 322 g/mol. The molecule has 0 aliphatic carbocycles. The Kier molecular flexibility index (Phi) is 3.60.